The highest BCUT2D eigenvalue weighted by atomic mass is 16.6. The fraction of sp³-hybridized carbons (Fsp3) is 0.400. The van der Waals surface area contributed by atoms with Gasteiger partial charge < -0.3 is 28.4 Å². The molecule has 0 aliphatic rings. The maximum Gasteiger partial charge on any atom is 0.345 e. The van der Waals surface area contributed by atoms with Crippen molar-refractivity contribution in [1.82, 2.24) is 0 Å². The van der Waals surface area contributed by atoms with Crippen LogP contribution in [0.15, 0.2) is 191 Å². The molecule has 0 atom stereocenters. The van der Waals surface area contributed by atoms with E-state index in [9.17, 15) is 28.8 Å². The highest BCUT2D eigenvalue weighted by Gasteiger charge is 2.24. The number of aliphatic imine (C=N–C) groups is 2. The Balaban J connectivity index is 0.847. The summed E-state index contributed by atoms with van der Waals surface area (Å²) in [7, 11) is 0. The van der Waals surface area contributed by atoms with Gasteiger partial charge in [0, 0.05) is 12.4 Å². The van der Waals surface area contributed by atoms with Crippen LogP contribution in [0, 0.1) is 0 Å². The lowest BCUT2D eigenvalue weighted by Crippen LogP contribution is -2.19. The Bertz CT molecular complexity index is 3500. The van der Waals surface area contributed by atoms with Gasteiger partial charge in [0.2, 0.25) is 0 Å². The van der Waals surface area contributed by atoms with E-state index >= 15 is 0 Å². The van der Waals surface area contributed by atoms with E-state index in [-0.39, 0.29) is 37.6 Å². The zero-order valence-corrected chi connectivity index (χ0v) is 61.9. The van der Waals surface area contributed by atoms with Crippen molar-refractivity contribution in [3.63, 3.8) is 0 Å². The molecule has 0 fully saturated rings. The molecule has 0 saturated heterocycles. The zero-order chi connectivity index (χ0) is 73.6. The number of rotatable bonds is 48. The summed E-state index contributed by atoms with van der Waals surface area (Å²) in [5.74, 6) is -3.27. The minimum absolute atomic E-state index is 0.178. The number of unbranched alkanes of at least 4 members (excludes halogenated alkanes) is 24. The normalized spacial score (nSPS) is 11.1. The van der Waals surface area contributed by atoms with Gasteiger partial charge in [-0.2, -0.15) is 0 Å². The van der Waals surface area contributed by atoms with Crippen molar-refractivity contribution >= 4 is 71.8 Å². The standard InChI is InChI=1S/C90H108N2O12/c1-5-9-13-17-21-25-29-61-99-87(95)83(88(96)100-62-30-26-22-18-14-10-6-2)65-69-33-41-77(42-34-69)85(93)103-81-57-37-71(38-58-81)67-91-79-53-49-75(50-54-79)73-45-47-74(48-46-73)76-51-55-80(56-52-76)92-68-72-39-59-82(60-40-72)104-86(94)78-43-35-70(36-44-78)66-84(89(97)101-63-31-27-23-19-15-11-7-3)90(98)102-64-32-28-24-20-16-12-8-4/h33-60,65-68H,5-32,61-64H2,1-4H3. The Hall–Kier alpha value is -9.82. The largest absolute Gasteiger partial charge is 0.462 e. The van der Waals surface area contributed by atoms with Gasteiger partial charge in [0.25, 0.3) is 0 Å². The van der Waals surface area contributed by atoms with E-state index in [0.717, 1.165) is 147 Å². The number of hydrogen-bond donors (Lipinski definition) is 0. The van der Waals surface area contributed by atoms with Gasteiger partial charge in [-0.1, -0.05) is 255 Å². The Morgan fingerprint density at radius 1 is 0.269 bits per heavy atom. The summed E-state index contributed by atoms with van der Waals surface area (Å²) in [5, 5.41) is 0. The minimum Gasteiger partial charge on any atom is -0.462 e. The average molecular weight is 1410 g/mol. The first-order chi connectivity index (χ1) is 50.9. The van der Waals surface area contributed by atoms with Crippen molar-refractivity contribution in [2.45, 2.75) is 207 Å². The maximum atomic E-state index is 13.3. The molecule has 0 amide bonds. The van der Waals surface area contributed by atoms with Gasteiger partial charge in [0.1, 0.15) is 22.6 Å². The first kappa shape index (κ1) is 81.5. The SMILES string of the molecule is CCCCCCCCCOC(=O)C(=Cc1ccc(C(=O)Oc2ccc(C=Nc3ccc(-c4ccc(-c5ccc(N=Cc6ccc(OC(=O)c7ccc(C=C(C(=O)OCCCCCCCCC)C(=O)OCCCCCCCCC)cc7)cc6)cc5)cc4)cc3)cc2)cc1)C(=O)OCCCCCCCCC. The molecule has 104 heavy (non-hydrogen) atoms. The number of carbonyl (C=O) groups excluding carboxylic acids is 6. The van der Waals surface area contributed by atoms with Crippen molar-refractivity contribution in [3.05, 3.63) is 214 Å². The molecule has 0 aliphatic carbocycles. The first-order valence-corrected chi connectivity index (χ1v) is 38.3. The molecule has 0 unspecified atom stereocenters. The van der Waals surface area contributed by atoms with Crippen molar-refractivity contribution in [2.75, 3.05) is 26.4 Å². The lowest BCUT2D eigenvalue weighted by atomic mass is 10.00. The summed E-state index contributed by atoms with van der Waals surface area (Å²) in [6.45, 7) is 9.66. The van der Waals surface area contributed by atoms with Gasteiger partial charge >= 0.3 is 35.8 Å². The monoisotopic (exact) mass is 1410 g/mol. The summed E-state index contributed by atoms with van der Waals surface area (Å²) in [6, 6.07) is 51.5. The van der Waals surface area contributed by atoms with Gasteiger partial charge in [-0.15, -0.1) is 0 Å². The van der Waals surface area contributed by atoms with Gasteiger partial charge in [-0.3, -0.25) is 9.98 Å². The molecule has 0 spiro atoms. The summed E-state index contributed by atoms with van der Waals surface area (Å²) in [6.07, 6.45) is 36.5. The van der Waals surface area contributed by atoms with Crippen LogP contribution < -0.4 is 9.47 Å². The highest BCUT2D eigenvalue weighted by Crippen LogP contribution is 2.29. The maximum absolute atomic E-state index is 13.3. The fourth-order valence-electron chi connectivity index (χ4n) is 11.6. The third-order valence-corrected chi connectivity index (χ3v) is 17.9. The molecular formula is C90H108N2O12. The quantitative estimate of drug-likeness (QED) is 0.00515. The van der Waals surface area contributed by atoms with Crippen LogP contribution in [0.5, 0.6) is 11.5 Å². The third kappa shape index (κ3) is 30.6. The summed E-state index contributed by atoms with van der Waals surface area (Å²) in [4.78, 5) is 88.9. The van der Waals surface area contributed by atoms with Crippen LogP contribution in [0.1, 0.15) is 250 Å². The molecule has 0 bridgehead atoms. The second kappa shape index (κ2) is 48.2. The number of nitrogens with zero attached hydrogens (tertiary/aromatic N) is 2. The van der Waals surface area contributed by atoms with Crippen molar-refractivity contribution in [2.24, 2.45) is 9.98 Å². The number of ether oxygens (including phenoxy) is 6. The van der Waals surface area contributed by atoms with Crippen molar-refractivity contribution in [1.29, 1.82) is 0 Å². The highest BCUT2D eigenvalue weighted by molar-refractivity contribution is 6.18. The second-order valence-corrected chi connectivity index (χ2v) is 26.5. The van der Waals surface area contributed by atoms with E-state index in [2.05, 4.69) is 61.9 Å². The summed E-state index contributed by atoms with van der Waals surface area (Å²) < 4.78 is 33.6. The lowest BCUT2D eigenvalue weighted by molar-refractivity contribution is -0.148. The third-order valence-electron chi connectivity index (χ3n) is 17.9. The summed E-state index contributed by atoms with van der Waals surface area (Å²) in [5.41, 5.74) is 8.73. The molecule has 0 saturated carbocycles. The van der Waals surface area contributed by atoms with Crippen LogP contribution >= 0.6 is 0 Å². The van der Waals surface area contributed by atoms with E-state index in [0.29, 0.717) is 33.8 Å². The number of hydrogen-bond acceptors (Lipinski definition) is 14. The smallest absolute Gasteiger partial charge is 0.345 e. The van der Waals surface area contributed by atoms with E-state index in [4.69, 9.17) is 28.4 Å². The fourth-order valence-corrected chi connectivity index (χ4v) is 11.6. The van der Waals surface area contributed by atoms with Gasteiger partial charge in [0.05, 0.1) is 48.9 Å². The number of esters is 6. The van der Waals surface area contributed by atoms with E-state index in [1.165, 1.54) is 89.2 Å². The Kier molecular flexibility index (Phi) is 37.8. The molecule has 14 heteroatoms. The first-order valence-electron chi connectivity index (χ1n) is 38.3. The molecule has 7 aromatic carbocycles. The predicted molar refractivity (Wildman–Crippen MR) is 419 cm³/mol. The van der Waals surface area contributed by atoms with Gasteiger partial charge in [-0.05, 0) is 179 Å². The van der Waals surface area contributed by atoms with E-state index < -0.39 is 35.8 Å². The molecule has 0 radical (unpaired) electrons. The van der Waals surface area contributed by atoms with Crippen LogP contribution in [0.3, 0.4) is 0 Å². The van der Waals surface area contributed by atoms with Crippen LogP contribution in [0.2, 0.25) is 0 Å². The number of carbonyl (C=O) groups is 6. The zero-order valence-electron chi connectivity index (χ0n) is 61.9. The second-order valence-electron chi connectivity index (χ2n) is 26.5. The van der Waals surface area contributed by atoms with E-state index in [1.54, 1.807) is 85.2 Å². The molecule has 7 aromatic rings. The van der Waals surface area contributed by atoms with Gasteiger partial charge in [0.15, 0.2) is 0 Å². The Labute approximate surface area is 617 Å². The van der Waals surface area contributed by atoms with Crippen LogP contribution in [0.4, 0.5) is 11.4 Å². The van der Waals surface area contributed by atoms with Crippen molar-refractivity contribution in [3.8, 4) is 33.8 Å². The van der Waals surface area contributed by atoms with Gasteiger partial charge in [-0.25, -0.2) is 28.8 Å². The van der Waals surface area contributed by atoms with Crippen LogP contribution in [0.25, 0.3) is 34.4 Å². The minimum atomic E-state index is -0.719. The number of benzene rings is 7. The molecule has 14 nitrogen and oxygen atoms in total. The molecule has 0 aromatic heterocycles. The molecule has 0 aliphatic heterocycles. The Morgan fingerprint density at radius 3 is 0.760 bits per heavy atom. The van der Waals surface area contributed by atoms with E-state index in [1.807, 2.05) is 72.8 Å². The average Bonchev–Trinajstić information content (AvgIpc) is 1.05. The molecule has 550 valence electrons. The lowest BCUT2D eigenvalue weighted by Gasteiger charge is -2.10. The summed E-state index contributed by atoms with van der Waals surface area (Å²) >= 11 is 0. The molecule has 7 rings (SSSR count). The van der Waals surface area contributed by atoms with Crippen molar-refractivity contribution < 1.29 is 57.2 Å². The predicted octanol–water partition coefficient (Wildman–Crippen LogP) is 22.9. The topological polar surface area (TPSA) is 183 Å². The molecular weight excluding hydrogens is 1300 g/mol. The molecule has 0 heterocycles. The van der Waals surface area contributed by atoms with Crippen LogP contribution in [-0.4, -0.2) is 74.7 Å². The molecule has 0 N–H and O–H groups in total. The van der Waals surface area contributed by atoms with Crippen LogP contribution in [-0.2, 0) is 38.1 Å². The Morgan fingerprint density at radius 2 is 0.500 bits per heavy atom.